The van der Waals surface area contributed by atoms with Crippen molar-refractivity contribution in [2.24, 2.45) is 5.73 Å². The van der Waals surface area contributed by atoms with E-state index in [4.69, 9.17) is 10.5 Å². The van der Waals surface area contributed by atoms with Crippen molar-refractivity contribution in [3.05, 3.63) is 82.9 Å². The number of hydrogen-bond donors (Lipinski definition) is 2. The first-order valence-electron chi connectivity index (χ1n) is 8.39. The lowest BCUT2D eigenvalue weighted by Crippen LogP contribution is -2.37. The highest BCUT2D eigenvalue weighted by Crippen LogP contribution is 2.20. The first-order valence-corrected chi connectivity index (χ1v) is 9.21. The number of ether oxygens (including phenoxy) is 1. The summed E-state index contributed by atoms with van der Waals surface area (Å²) in [5, 5.41) is 2.96. The lowest BCUT2D eigenvalue weighted by Gasteiger charge is -2.10. The quantitative estimate of drug-likeness (QED) is 0.614. The Morgan fingerprint density at radius 3 is 2.33 bits per heavy atom. The summed E-state index contributed by atoms with van der Waals surface area (Å²) in [6.07, 6.45) is 1.81. The molecule has 1 amide bonds. The first-order chi connectivity index (χ1) is 13.1. The van der Waals surface area contributed by atoms with Crippen LogP contribution in [0.3, 0.4) is 0 Å². The van der Waals surface area contributed by atoms with Crippen LogP contribution in [0.1, 0.15) is 20.8 Å². The molecule has 0 bridgehead atoms. The van der Waals surface area contributed by atoms with Gasteiger partial charge in [-0.25, -0.2) is 9.78 Å². The number of anilines is 1. The number of rotatable bonds is 7. The lowest BCUT2D eigenvalue weighted by atomic mass is 10.1. The Morgan fingerprint density at radius 1 is 1.04 bits per heavy atom. The van der Waals surface area contributed by atoms with Gasteiger partial charge in [0.25, 0.3) is 0 Å². The second-order valence-electron chi connectivity index (χ2n) is 5.88. The van der Waals surface area contributed by atoms with Crippen molar-refractivity contribution in [2.45, 2.75) is 19.1 Å². The number of benzene rings is 2. The molecule has 138 valence electrons. The Balaban J connectivity index is 1.52. The molecule has 0 aliphatic heterocycles. The summed E-state index contributed by atoms with van der Waals surface area (Å²) in [6.45, 7) is 0.182. The van der Waals surface area contributed by atoms with E-state index in [1.807, 2.05) is 60.7 Å². The van der Waals surface area contributed by atoms with Crippen molar-refractivity contribution in [1.29, 1.82) is 0 Å². The summed E-state index contributed by atoms with van der Waals surface area (Å²) in [4.78, 5) is 28.7. The molecule has 3 rings (SSSR count). The van der Waals surface area contributed by atoms with Gasteiger partial charge in [-0.15, -0.1) is 0 Å². The Labute approximate surface area is 161 Å². The fourth-order valence-electron chi connectivity index (χ4n) is 2.38. The minimum atomic E-state index is -0.704. The number of nitrogens with two attached hydrogens (primary N) is 1. The van der Waals surface area contributed by atoms with Crippen LogP contribution in [0.4, 0.5) is 5.13 Å². The Bertz CT molecular complexity index is 897. The van der Waals surface area contributed by atoms with Gasteiger partial charge >= 0.3 is 5.97 Å². The summed E-state index contributed by atoms with van der Waals surface area (Å²) >= 11 is 1.06. The zero-order chi connectivity index (χ0) is 19.1. The van der Waals surface area contributed by atoms with Crippen molar-refractivity contribution < 1.29 is 14.3 Å². The van der Waals surface area contributed by atoms with Crippen LogP contribution in [0.25, 0.3) is 0 Å². The monoisotopic (exact) mass is 381 g/mol. The van der Waals surface area contributed by atoms with Crippen molar-refractivity contribution in [2.75, 3.05) is 5.32 Å². The van der Waals surface area contributed by atoms with Crippen molar-refractivity contribution in [3.8, 4) is 0 Å². The third kappa shape index (κ3) is 5.47. The molecule has 0 radical (unpaired) electrons. The highest BCUT2D eigenvalue weighted by Gasteiger charge is 2.18. The summed E-state index contributed by atoms with van der Waals surface area (Å²) in [5.74, 6) is -0.831. The number of carbonyl (C=O) groups excluding carboxylic acids is 2. The molecule has 1 aromatic heterocycles. The van der Waals surface area contributed by atoms with Crippen LogP contribution >= 0.6 is 11.3 Å². The molecular weight excluding hydrogens is 362 g/mol. The van der Waals surface area contributed by atoms with Gasteiger partial charge in [-0.3, -0.25) is 4.79 Å². The highest BCUT2D eigenvalue weighted by atomic mass is 32.1. The second-order valence-corrected chi connectivity index (χ2v) is 6.91. The summed E-state index contributed by atoms with van der Waals surface area (Å²) in [5.41, 5.74) is 7.82. The maximum atomic E-state index is 12.2. The van der Waals surface area contributed by atoms with E-state index in [1.54, 1.807) is 0 Å². The molecule has 0 saturated carbocycles. The van der Waals surface area contributed by atoms with E-state index < -0.39 is 12.0 Å². The van der Waals surface area contributed by atoms with E-state index in [0.717, 1.165) is 22.5 Å². The Morgan fingerprint density at radius 2 is 1.67 bits per heavy atom. The number of aromatic nitrogens is 1. The lowest BCUT2D eigenvalue weighted by molar-refractivity contribution is -0.117. The third-order valence-electron chi connectivity index (χ3n) is 3.78. The molecule has 1 heterocycles. The van der Waals surface area contributed by atoms with Crippen LogP contribution in [0.5, 0.6) is 0 Å². The number of amides is 1. The van der Waals surface area contributed by atoms with Crippen molar-refractivity contribution >= 4 is 28.3 Å². The van der Waals surface area contributed by atoms with Gasteiger partial charge in [0.2, 0.25) is 5.91 Å². The minimum absolute atomic E-state index is 0.182. The fourth-order valence-corrected chi connectivity index (χ4v) is 3.09. The molecule has 0 unspecified atom stereocenters. The molecule has 27 heavy (non-hydrogen) atoms. The molecule has 3 N–H and O–H groups in total. The van der Waals surface area contributed by atoms with E-state index in [0.29, 0.717) is 16.4 Å². The van der Waals surface area contributed by atoms with E-state index in [2.05, 4.69) is 10.3 Å². The second kappa shape index (κ2) is 9.07. The van der Waals surface area contributed by atoms with Crippen LogP contribution in [0.2, 0.25) is 0 Å². The molecule has 0 aliphatic carbocycles. The number of nitrogens with one attached hydrogen (secondary N) is 1. The molecule has 3 aromatic rings. The SMILES string of the molecule is N[C@@H](Cc1ccccc1)C(=O)Nc1ncc(C(=O)OCc2ccccc2)s1. The average Bonchev–Trinajstić information content (AvgIpc) is 3.16. The number of thiazole rings is 1. The molecule has 2 aromatic carbocycles. The van der Waals surface area contributed by atoms with Crippen LogP contribution in [-0.2, 0) is 22.6 Å². The predicted molar refractivity (Wildman–Crippen MR) is 104 cm³/mol. The molecule has 0 saturated heterocycles. The average molecular weight is 381 g/mol. The van der Waals surface area contributed by atoms with Gasteiger partial charge in [0.1, 0.15) is 11.5 Å². The topological polar surface area (TPSA) is 94.3 Å². The molecule has 0 spiro atoms. The smallest absolute Gasteiger partial charge is 0.350 e. The van der Waals surface area contributed by atoms with Gasteiger partial charge in [0, 0.05) is 0 Å². The number of esters is 1. The Hall–Kier alpha value is -3.03. The standard InChI is InChI=1S/C20H19N3O3S/c21-16(11-14-7-3-1-4-8-14)18(24)23-20-22-12-17(27-20)19(25)26-13-15-9-5-2-6-10-15/h1-10,12,16H,11,13,21H2,(H,22,23,24)/t16-/m0/s1. The van der Waals surface area contributed by atoms with Crippen LogP contribution < -0.4 is 11.1 Å². The van der Waals surface area contributed by atoms with Gasteiger partial charge in [0.15, 0.2) is 5.13 Å². The van der Waals surface area contributed by atoms with E-state index in [9.17, 15) is 9.59 Å². The zero-order valence-electron chi connectivity index (χ0n) is 14.5. The summed E-state index contributed by atoms with van der Waals surface area (Å²) in [6, 6.07) is 18.2. The van der Waals surface area contributed by atoms with Crippen molar-refractivity contribution in [3.63, 3.8) is 0 Å². The summed E-state index contributed by atoms with van der Waals surface area (Å²) < 4.78 is 5.25. The van der Waals surface area contributed by atoms with Crippen molar-refractivity contribution in [1.82, 2.24) is 4.98 Å². The maximum absolute atomic E-state index is 12.2. The maximum Gasteiger partial charge on any atom is 0.350 e. The molecule has 1 atom stereocenters. The fraction of sp³-hybridized carbons (Fsp3) is 0.150. The number of hydrogen-bond acceptors (Lipinski definition) is 6. The molecule has 6 nitrogen and oxygen atoms in total. The van der Waals surface area contributed by atoms with E-state index in [-0.39, 0.29) is 12.5 Å². The number of carbonyl (C=O) groups is 2. The zero-order valence-corrected chi connectivity index (χ0v) is 15.3. The highest BCUT2D eigenvalue weighted by molar-refractivity contribution is 7.17. The van der Waals surface area contributed by atoms with Gasteiger partial charge in [0.05, 0.1) is 12.2 Å². The third-order valence-corrected chi connectivity index (χ3v) is 4.68. The van der Waals surface area contributed by atoms with Crippen LogP contribution in [-0.4, -0.2) is 22.9 Å². The number of nitrogens with zero attached hydrogens (tertiary/aromatic N) is 1. The Kier molecular flexibility index (Phi) is 6.30. The van der Waals surface area contributed by atoms with Gasteiger partial charge in [-0.1, -0.05) is 72.0 Å². The molecular formula is C20H19N3O3S. The molecule has 0 aliphatic rings. The van der Waals surface area contributed by atoms with Gasteiger partial charge in [-0.05, 0) is 17.5 Å². The van der Waals surface area contributed by atoms with E-state index in [1.165, 1.54) is 6.20 Å². The minimum Gasteiger partial charge on any atom is -0.457 e. The molecule has 7 heteroatoms. The predicted octanol–water partition coefficient (Wildman–Crippen LogP) is 3.01. The summed E-state index contributed by atoms with van der Waals surface area (Å²) in [7, 11) is 0. The van der Waals surface area contributed by atoms with Crippen LogP contribution in [0.15, 0.2) is 66.9 Å². The van der Waals surface area contributed by atoms with Gasteiger partial charge < -0.3 is 15.8 Å². The normalized spacial score (nSPS) is 11.6. The van der Waals surface area contributed by atoms with E-state index >= 15 is 0 Å². The molecule has 0 fully saturated rings. The van der Waals surface area contributed by atoms with Crippen LogP contribution in [0, 0.1) is 0 Å². The largest absolute Gasteiger partial charge is 0.457 e. The first kappa shape index (κ1) is 18.8. The van der Waals surface area contributed by atoms with Gasteiger partial charge in [-0.2, -0.15) is 0 Å².